The summed E-state index contributed by atoms with van der Waals surface area (Å²) in [6.45, 7) is 3.70. The molecule has 0 spiro atoms. The highest BCUT2D eigenvalue weighted by Crippen LogP contribution is 2.29. The number of aryl methyl sites for hydroxylation is 1. The number of rotatable bonds is 6. The van der Waals surface area contributed by atoms with Crippen LogP contribution >= 0.6 is 36.4 Å². The Morgan fingerprint density at radius 1 is 1.36 bits per heavy atom. The molecular formula is C17H23Cl3N6O2. The van der Waals surface area contributed by atoms with Gasteiger partial charge in [-0.05, 0) is 25.0 Å². The number of nitrogens with two attached hydrogens (primary N) is 1. The van der Waals surface area contributed by atoms with E-state index in [9.17, 15) is 10.1 Å². The van der Waals surface area contributed by atoms with Crippen molar-refractivity contribution in [2.45, 2.75) is 32.2 Å². The molecule has 1 aromatic heterocycles. The molecular weight excluding hydrogens is 427 g/mol. The van der Waals surface area contributed by atoms with E-state index in [1.165, 1.54) is 12.1 Å². The van der Waals surface area contributed by atoms with Crippen molar-refractivity contribution in [1.82, 2.24) is 9.97 Å². The largest absolute Gasteiger partial charge is 0.355 e. The second-order valence-electron chi connectivity index (χ2n) is 6.33. The summed E-state index contributed by atoms with van der Waals surface area (Å²) in [6.07, 6.45) is 2.71. The number of halogens is 3. The van der Waals surface area contributed by atoms with Crippen LogP contribution in [0.3, 0.4) is 0 Å². The molecule has 1 unspecified atom stereocenters. The molecule has 1 atom stereocenters. The molecule has 0 amide bonds. The Morgan fingerprint density at radius 3 is 2.71 bits per heavy atom. The number of nitro groups is 1. The highest BCUT2D eigenvalue weighted by atomic mass is 35.5. The molecule has 0 bridgehead atoms. The van der Waals surface area contributed by atoms with E-state index in [0.29, 0.717) is 11.6 Å². The lowest BCUT2D eigenvalue weighted by Gasteiger charge is -2.19. The van der Waals surface area contributed by atoms with Crippen LogP contribution in [0.25, 0.3) is 0 Å². The Kier molecular flexibility index (Phi) is 9.16. The van der Waals surface area contributed by atoms with Gasteiger partial charge >= 0.3 is 0 Å². The Bertz CT molecular complexity index is 823. The average molecular weight is 450 g/mol. The number of benzene rings is 1. The van der Waals surface area contributed by atoms with E-state index in [-0.39, 0.29) is 41.6 Å². The van der Waals surface area contributed by atoms with Crippen molar-refractivity contribution in [1.29, 1.82) is 0 Å². The summed E-state index contributed by atoms with van der Waals surface area (Å²) in [5.41, 5.74) is 7.28. The minimum atomic E-state index is -0.515. The van der Waals surface area contributed by atoms with E-state index in [1.54, 1.807) is 6.07 Å². The van der Waals surface area contributed by atoms with Gasteiger partial charge in [0, 0.05) is 42.6 Å². The highest BCUT2D eigenvalue weighted by molar-refractivity contribution is 6.32. The third kappa shape index (κ3) is 5.81. The Morgan fingerprint density at radius 2 is 2.11 bits per heavy atom. The zero-order chi connectivity index (χ0) is 18.7. The predicted octanol–water partition coefficient (Wildman–Crippen LogP) is 4.12. The van der Waals surface area contributed by atoms with Gasteiger partial charge in [-0.1, -0.05) is 24.9 Å². The molecule has 0 radical (unpaired) electrons. The maximum atomic E-state index is 11.1. The van der Waals surface area contributed by atoms with Crippen molar-refractivity contribution in [3.63, 3.8) is 0 Å². The second-order valence-corrected chi connectivity index (χ2v) is 6.74. The lowest BCUT2D eigenvalue weighted by atomic mass is 10.2. The van der Waals surface area contributed by atoms with Gasteiger partial charge in [-0.3, -0.25) is 10.1 Å². The van der Waals surface area contributed by atoms with Crippen molar-refractivity contribution < 1.29 is 4.92 Å². The normalized spacial score (nSPS) is 15.5. The van der Waals surface area contributed by atoms with Crippen molar-refractivity contribution in [3.8, 4) is 0 Å². The van der Waals surface area contributed by atoms with Gasteiger partial charge in [-0.2, -0.15) is 4.98 Å². The molecule has 3 N–H and O–H groups in total. The lowest BCUT2D eigenvalue weighted by Crippen LogP contribution is -2.27. The number of nitrogens with zero attached hydrogens (tertiary/aromatic N) is 4. The van der Waals surface area contributed by atoms with Crippen molar-refractivity contribution >= 4 is 59.6 Å². The molecule has 2 heterocycles. The third-order valence-electron chi connectivity index (χ3n) is 4.22. The van der Waals surface area contributed by atoms with Crippen LogP contribution in [-0.4, -0.2) is 34.0 Å². The molecule has 2 aromatic rings. The van der Waals surface area contributed by atoms with Crippen LogP contribution in [0.15, 0.2) is 24.3 Å². The Hall–Kier alpha value is -1.87. The van der Waals surface area contributed by atoms with E-state index in [0.717, 1.165) is 43.9 Å². The van der Waals surface area contributed by atoms with Gasteiger partial charge in [0.2, 0.25) is 5.95 Å². The summed E-state index contributed by atoms with van der Waals surface area (Å²) in [6, 6.07) is 6.66. The summed E-state index contributed by atoms with van der Waals surface area (Å²) in [4.78, 5) is 21.8. The zero-order valence-electron chi connectivity index (χ0n) is 15.3. The van der Waals surface area contributed by atoms with Gasteiger partial charge in [0.05, 0.1) is 4.92 Å². The smallest absolute Gasteiger partial charge is 0.289 e. The van der Waals surface area contributed by atoms with Gasteiger partial charge < -0.3 is 16.0 Å². The number of nitrogens with one attached hydrogen (secondary N) is 1. The first-order valence-electron chi connectivity index (χ1n) is 8.55. The number of hydrogen-bond acceptors (Lipinski definition) is 7. The zero-order valence-corrected chi connectivity index (χ0v) is 17.7. The van der Waals surface area contributed by atoms with Crippen LogP contribution in [0.1, 0.15) is 25.5 Å². The van der Waals surface area contributed by atoms with Crippen LogP contribution in [-0.2, 0) is 6.42 Å². The van der Waals surface area contributed by atoms with Gasteiger partial charge in [-0.15, -0.1) is 24.8 Å². The van der Waals surface area contributed by atoms with Crippen LogP contribution in [0.5, 0.6) is 0 Å². The fourth-order valence-corrected chi connectivity index (χ4v) is 3.13. The number of hydrogen-bond donors (Lipinski definition) is 2. The first kappa shape index (κ1) is 24.2. The topological polar surface area (TPSA) is 110 Å². The van der Waals surface area contributed by atoms with Gasteiger partial charge in [-0.25, -0.2) is 4.98 Å². The maximum absolute atomic E-state index is 11.1. The fraction of sp³-hybridized carbons (Fsp3) is 0.412. The standard InChI is InChI=1S/C17H21ClN6O2.2ClH/c1-2-3-12-9-16(23-7-6-11(19)10-23)22-17(20-12)21-13-4-5-14(18)15(8-13)24(25)26;;/h4-5,8-9,11H,2-3,6-7,10,19H2,1H3,(H,20,21,22);2*1H. The predicted molar refractivity (Wildman–Crippen MR) is 117 cm³/mol. The molecule has 11 heteroatoms. The SMILES string of the molecule is CCCc1cc(N2CCC(N)C2)nc(Nc2ccc(Cl)c([N+](=O)[O-])c2)n1.Cl.Cl. The van der Waals surface area contributed by atoms with E-state index in [1.807, 2.05) is 6.07 Å². The molecule has 28 heavy (non-hydrogen) atoms. The molecule has 0 aliphatic carbocycles. The summed E-state index contributed by atoms with van der Waals surface area (Å²) in [5, 5.41) is 14.2. The summed E-state index contributed by atoms with van der Waals surface area (Å²) in [7, 11) is 0. The number of nitro benzene ring substituents is 1. The van der Waals surface area contributed by atoms with Crippen molar-refractivity contribution in [2.75, 3.05) is 23.3 Å². The Labute approximate surface area is 180 Å². The van der Waals surface area contributed by atoms with E-state index >= 15 is 0 Å². The lowest BCUT2D eigenvalue weighted by molar-refractivity contribution is -0.384. The van der Waals surface area contributed by atoms with E-state index < -0.39 is 4.92 Å². The molecule has 3 rings (SSSR count). The third-order valence-corrected chi connectivity index (χ3v) is 4.54. The van der Waals surface area contributed by atoms with Crippen LogP contribution in [0.2, 0.25) is 5.02 Å². The highest BCUT2D eigenvalue weighted by Gasteiger charge is 2.21. The fourth-order valence-electron chi connectivity index (χ4n) is 2.94. The summed E-state index contributed by atoms with van der Waals surface area (Å²) >= 11 is 5.87. The molecule has 1 aromatic carbocycles. The first-order chi connectivity index (χ1) is 12.5. The maximum Gasteiger partial charge on any atom is 0.289 e. The van der Waals surface area contributed by atoms with Gasteiger partial charge in [0.1, 0.15) is 10.8 Å². The monoisotopic (exact) mass is 448 g/mol. The minimum absolute atomic E-state index is 0. The van der Waals surface area contributed by atoms with Crippen molar-refractivity contribution in [2.24, 2.45) is 5.73 Å². The van der Waals surface area contributed by atoms with Crippen LogP contribution in [0, 0.1) is 10.1 Å². The van der Waals surface area contributed by atoms with Crippen LogP contribution < -0.4 is 16.0 Å². The summed E-state index contributed by atoms with van der Waals surface area (Å²) < 4.78 is 0. The molecule has 1 saturated heterocycles. The van der Waals surface area contributed by atoms with Crippen LogP contribution in [0.4, 0.5) is 23.1 Å². The molecule has 1 aliphatic rings. The Balaban J connectivity index is 0.00000196. The van der Waals surface area contributed by atoms with Gasteiger partial charge in [0.25, 0.3) is 5.69 Å². The molecule has 0 saturated carbocycles. The van der Waals surface area contributed by atoms with Gasteiger partial charge in [0.15, 0.2) is 0 Å². The second kappa shape index (κ2) is 10.6. The molecule has 154 valence electrons. The quantitative estimate of drug-likeness (QED) is 0.504. The molecule has 1 aliphatic heterocycles. The summed E-state index contributed by atoms with van der Waals surface area (Å²) in [5.74, 6) is 1.23. The average Bonchev–Trinajstić information content (AvgIpc) is 3.03. The van der Waals surface area contributed by atoms with Crippen molar-refractivity contribution in [3.05, 3.63) is 45.1 Å². The molecule has 8 nitrogen and oxygen atoms in total. The first-order valence-corrected chi connectivity index (χ1v) is 8.93. The van der Waals surface area contributed by atoms with E-state index in [4.69, 9.17) is 17.3 Å². The number of aromatic nitrogens is 2. The van der Waals surface area contributed by atoms with E-state index in [2.05, 4.69) is 27.1 Å². The number of anilines is 3. The minimum Gasteiger partial charge on any atom is -0.355 e. The molecule has 1 fully saturated rings.